The van der Waals surface area contributed by atoms with Crippen molar-refractivity contribution in [2.45, 2.75) is 32.4 Å². The van der Waals surface area contributed by atoms with Crippen LogP contribution in [0.15, 0.2) is 18.2 Å². The van der Waals surface area contributed by atoms with Gasteiger partial charge >= 0.3 is 0 Å². The van der Waals surface area contributed by atoms with Gasteiger partial charge in [0, 0.05) is 42.1 Å². The summed E-state index contributed by atoms with van der Waals surface area (Å²) in [6, 6.07) is 6.55. The third-order valence-corrected chi connectivity index (χ3v) is 5.03. The van der Waals surface area contributed by atoms with Crippen LogP contribution in [0, 0.1) is 0 Å². The molecule has 0 aliphatic carbocycles. The summed E-state index contributed by atoms with van der Waals surface area (Å²) >= 11 is 8.11. The van der Waals surface area contributed by atoms with E-state index < -0.39 is 0 Å². The first-order valence-electron chi connectivity index (χ1n) is 7.23. The van der Waals surface area contributed by atoms with Gasteiger partial charge in [0.1, 0.15) is 5.82 Å². The van der Waals surface area contributed by atoms with Crippen LogP contribution >= 0.6 is 23.4 Å². The standard InChI is InChI=1S/C15H20ClN3S/c1-2-6-19-14-4-3-11(16)8-13(14)18-15(19)9-12-10-20-7-5-17-12/h3-4,8,12,17H,2,5-7,9-10H2,1H3. The van der Waals surface area contributed by atoms with Crippen LogP contribution in [0.4, 0.5) is 0 Å². The maximum Gasteiger partial charge on any atom is 0.111 e. The molecule has 1 aromatic carbocycles. The zero-order valence-electron chi connectivity index (χ0n) is 11.7. The summed E-state index contributed by atoms with van der Waals surface area (Å²) < 4.78 is 2.35. The molecule has 1 aromatic heterocycles. The van der Waals surface area contributed by atoms with Gasteiger partial charge in [-0.15, -0.1) is 0 Å². The van der Waals surface area contributed by atoms with Gasteiger partial charge in [-0.2, -0.15) is 11.8 Å². The van der Waals surface area contributed by atoms with E-state index in [0.717, 1.165) is 36.5 Å². The van der Waals surface area contributed by atoms with Crippen LogP contribution in [0.3, 0.4) is 0 Å². The summed E-state index contributed by atoms with van der Waals surface area (Å²) in [6.45, 7) is 4.34. The molecular weight excluding hydrogens is 290 g/mol. The summed E-state index contributed by atoms with van der Waals surface area (Å²) in [7, 11) is 0. The van der Waals surface area contributed by atoms with E-state index in [9.17, 15) is 0 Å². The van der Waals surface area contributed by atoms with E-state index in [-0.39, 0.29) is 0 Å². The molecular formula is C15H20ClN3S. The molecule has 0 spiro atoms. The van der Waals surface area contributed by atoms with E-state index >= 15 is 0 Å². The van der Waals surface area contributed by atoms with Gasteiger partial charge in [-0.25, -0.2) is 4.98 Å². The monoisotopic (exact) mass is 309 g/mol. The molecule has 0 bridgehead atoms. The highest BCUT2D eigenvalue weighted by molar-refractivity contribution is 7.99. The third kappa shape index (κ3) is 2.97. The highest BCUT2D eigenvalue weighted by atomic mass is 35.5. The highest BCUT2D eigenvalue weighted by Gasteiger charge is 2.18. The second kappa shape index (κ2) is 6.37. The fourth-order valence-electron chi connectivity index (χ4n) is 2.75. The molecule has 1 atom stereocenters. The molecule has 20 heavy (non-hydrogen) atoms. The van der Waals surface area contributed by atoms with Gasteiger partial charge < -0.3 is 9.88 Å². The quantitative estimate of drug-likeness (QED) is 0.939. The van der Waals surface area contributed by atoms with Crippen molar-refractivity contribution < 1.29 is 0 Å². The SMILES string of the molecule is CCCn1c(CC2CSCCN2)nc2cc(Cl)ccc21. The van der Waals surface area contributed by atoms with Crippen LogP contribution in [0.25, 0.3) is 11.0 Å². The molecule has 2 aromatic rings. The summed E-state index contributed by atoms with van der Waals surface area (Å²) in [5.74, 6) is 3.58. The Kier molecular flexibility index (Phi) is 4.54. The highest BCUT2D eigenvalue weighted by Crippen LogP contribution is 2.22. The minimum atomic E-state index is 0.539. The van der Waals surface area contributed by atoms with E-state index in [1.165, 1.54) is 22.8 Å². The largest absolute Gasteiger partial charge is 0.328 e. The van der Waals surface area contributed by atoms with Crippen molar-refractivity contribution in [1.82, 2.24) is 14.9 Å². The number of nitrogens with one attached hydrogen (secondary N) is 1. The van der Waals surface area contributed by atoms with Gasteiger partial charge in [0.2, 0.25) is 0 Å². The number of hydrogen-bond acceptors (Lipinski definition) is 3. The van der Waals surface area contributed by atoms with Gasteiger partial charge in [-0.3, -0.25) is 0 Å². The molecule has 1 saturated heterocycles. The second-order valence-electron chi connectivity index (χ2n) is 5.24. The molecule has 1 unspecified atom stereocenters. The van der Waals surface area contributed by atoms with Crippen LogP contribution < -0.4 is 5.32 Å². The number of rotatable bonds is 4. The average molecular weight is 310 g/mol. The first-order valence-corrected chi connectivity index (χ1v) is 8.77. The van der Waals surface area contributed by atoms with Gasteiger partial charge in [-0.05, 0) is 24.6 Å². The summed E-state index contributed by atoms with van der Waals surface area (Å²) in [6.07, 6.45) is 2.12. The zero-order chi connectivity index (χ0) is 13.9. The van der Waals surface area contributed by atoms with Crippen LogP contribution in [0.2, 0.25) is 5.02 Å². The van der Waals surface area contributed by atoms with Crippen LogP contribution in [0.5, 0.6) is 0 Å². The molecule has 1 N–H and O–H groups in total. The normalized spacial score (nSPS) is 19.6. The van der Waals surface area contributed by atoms with Crippen LogP contribution in [-0.2, 0) is 13.0 Å². The lowest BCUT2D eigenvalue weighted by Crippen LogP contribution is -2.39. The Balaban J connectivity index is 1.93. The molecule has 1 fully saturated rings. The fraction of sp³-hybridized carbons (Fsp3) is 0.533. The molecule has 108 valence electrons. The topological polar surface area (TPSA) is 29.9 Å². The molecule has 1 aliphatic rings. The Bertz CT molecular complexity index is 590. The predicted molar refractivity (Wildman–Crippen MR) is 87.9 cm³/mol. The minimum Gasteiger partial charge on any atom is -0.328 e. The lowest BCUT2D eigenvalue weighted by atomic mass is 10.2. The number of hydrogen-bond donors (Lipinski definition) is 1. The number of fused-ring (bicyclic) bond motifs is 1. The van der Waals surface area contributed by atoms with Crippen LogP contribution in [0.1, 0.15) is 19.2 Å². The van der Waals surface area contributed by atoms with E-state index in [1.54, 1.807) is 0 Å². The minimum absolute atomic E-state index is 0.539. The van der Waals surface area contributed by atoms with E-state index in [2.05, 4.69) is 22.9 Å². The maximum absolute atomic E-state index is 6.08. The predicted octanol–water partition coefficient (Wildman–Crippen LogP) is 3.35. The number of aromatic nitrogens is 2. The van der Waals surface area contributed by atoms with Crippen molar-refractivity contribution in [2.24, 2.45) is 0 Å². The Morgan fingerprint density at radius 2 is 2.40 bits per heavy atom. The van der Waals surface area contributed by atoms with Crippen molar-refractivity contribution in [3.8, 4) is 0 Å². The molecule has 1 aliphatic heterocycles. The Labute approximate surface area is 129 Å². The molecule has 0 amide bonds. The summed E-state index contributed by atoms with van der Waals surface area (Å²) in [4.78, 5) is 4.82. The summed E-state index contributed by atoms with van der Waals surface area (Å²) in [5, 5.41) is 4.35. The van der Waals surface area contributed by atoms with Crippen LogP contribution in [-0.4, -0.2) is 33.6 Å². The van der Waals surface area contributed by atoms with Gasteiger partial charge in [0.25, 0.3) is 0 Å². The zero-order valence-corrected chi connectivity index (χ0v) is 13.3. The lowest BCUT2D eigenvalue weighted by molar-refractivity contribution is 0.531. The van der Waals surface area contributed by atoms with E-state index in [1.807, 2.05) is 23.9 Å². The number of nitrogens with zero attached hydrogens (tertiary/aromatic N) is 2. The molecule has 3 rings (SSSR count). The molecule has 0 saturated carbocycles. The summed E-state index contributed by atoms with van der Waals surface area (Å²) in [5.41, 5.74) is 2.22. The van der Waals surface area contributed by atoms with Crippen molar-refractivity contribution in [2.75, 3.05) is 18.1 Å². The number of imidazole rings is 1. The smallest absolute Gasteiger partial charge is 0.111 e. The first-order chi connectivity index (χ1) is 9.78. The molecule has 2 heterocycles. The molecule has 5 heteroatoms. The first kappa shape index (κ1) is 14.2. The van der Waals surface area contributed by atoms with Gasteiger partial charge in [-0.1, -0.05) is 18.5 Å². The number of aryl methyl sites for hydroxylation is 1. The number of benzene rings is 1. The van der Waals surface area contributed by atoms with E-state index in [0.29, 0.717) is 6.04 Å². The Morgan fingerprint density at radius 3 is 3.15 bits per heavy atom. The number of thioether (sulfide) groups is 1. The Hall–Kier alpha value is -0.710. The fourth-order valence-corrected chi connectivity index (χ4v) is 3.87. The van der Waals surface area contributed by atoms with E-state index in [4.69, 9.17) is 16.6 Å². The third-order valence-electron chi connectivity index (χ3n) is 3.66. The van der Waals surface area contributed by atoms with Crippen molar-refractivity contribution >= 4 is 34.4 Å². The number of halogens is 1. The van der Waals surface area contributed by atoms with Crippen molar-refractivity contribution in [3.05, 3.63) is 29.0 Å². The lowest BCUT2D eigenvalue weighted by Gasteiger charge is -2.23. The Morgan fingerprint density at radius 1 is 1.50 bits per heavy atom. The van der Waals surface area contributed by atoms with Gasteiger partial charge in [0.15, 0.2) is 0 Å². The molecule has 0 radical (unpaired) electrons. The van der Waals surface area contributed by atoms with Gasteiger partial charge in [0.05, 0.1) is 11.0 Å². The molecule has 3 nitrogen and oxygen atoms in total. The second-order valence-corrected chi connectivity index (χ2v) is 6.83. The van der Waals surface area contributed by atoms with Crippen molar-refractivity contribution in [1.29, 1.82) is 0 Å². The van der Waals surface area contributed by atoms with Crippen molar-refractivity contribution in [3.63, 3.8) is 0 Å². The maximum atomic E-state index is 6.08. The average Bonchev–Trinajstić information content (AvgIpc) is 2.77.